The van der Waals surface area contributed by atoms with Crippen LogP contribution >= 0.6 is 0 Å². The molecule has 3 heteroatoms. The van der Waals surface area contributed by atoms with E-state index in [9.17, 15) is 0 Å². The summed E-state index contributed by atoms with van der Waals surface area (Å²) in [5.41, 5.74) is 2.10. The molecule has 15 heavy (non-hydrogen) atoms. The van der Waals surface area contributed by atoms with Crippen molar-refractivity contribution < 1.29 is 4.74 Å². The summed E-state index contributed by atoms with van der Waals surface area (Å²) in [6.45, 7) is 10.3. The lowest BCUT2D eigenvalue weighted by atomic mass is 10.1. The van der Waals surface area contributed by atoms with Gasteiger partial charge in [0.05, 0.1) is 11.8 Å². The number of hydrogen-bond acceptors (Lipinski definition) is 3. The lowest BCUT2D eigenvalue weighted by Gasteiger charge is -2.12. The molecule has 3 nitrogen and oxygen atoms in total. The standard InChI is InChI=1S/C12H20N2O/c1-6-10-7-11(8(2)3)14-12(13-10)15-9(4)5/h7-9H,6H2,1-5H3. The summed E-state index contributed by atoms with van der Waals surface area (Å²) in [4.78, 5) is 8.73. The van der Waals surface area contributed by atoms with Crippen molar-refractivity contribution >= 4 is 0 Å². The maximum atomic E-state index is 5.53. The molecule has 0 aromatic carbocycles. The minimum absolute atomic E-state index is 0.122. The second-order valence-electron chi connectivity index (χ2n) is 4.24. The van der Waals surface area contributed by atoms with Gasteiger partial charge in [0.25, 0.3) is 0 Å². The zero-order chi connectivity index (χ0) is 11.4. The van der Waals surface area contributed by atoms with Gasteiger partial charge in [-0.15, -0.1) is 0 Å². The van der Waals surface area contributed by atoms with Gasteiger partial charge < -0.3 is 4.74 Å². The maximum absolute atomic E-state index is 5.53. The van der Waals surface area contributed by atoms with E-state index in [2.05, 4.69) is 36.8 Å². The van der Waals surface area contributed by atoms with Crippen LogP contribution in [0.1, 0.15) is 51.9 Å². The van der Waals surface area contributed by atoms with Gasteiger partial charge in [0, 0.05) is 5.69 Å². The molecule has 0 N–H and O–H groups in total. The van der Waals surface area contributed by atoms with E-state index in [0.717, 1.165) is 17.8 Å². The summed E-state index contributed by atoms with van der Waals surface area (Å²) in [7, 11) is 0. The molecule has 0 radical (unpaired) electrons. The lowest BCUT2D eigenvalue weighted by molar-refractivity contribution is 0.220. The van der Waals surface area contributed by atoms with Crippen molar-refractivity contribution in [3.63, 3.8) is 0 Å². The van der Waals surface area contributed by atoms with E-state index in [4.69, 9.17) is 4.74 Å². The van der Waals surface area contributed by atoms with Crippen molar-refractivity contribution in [3.8, 4) is 6.01 Å². The molecule has 0 saturated carbocycles. The summed E-state index contributed by atoms with van der Waals surface area (Å²) in [5.74, 6) is 0.410. The third-order valence-corrected chi connectivity index (χ3v) is 2.07. The average Bonchev–Trinajstić information content (AvgIpc) is 2.16. The van der Waals surface area contributed by atoms with E-state index in [0.29, 0.717) is 11.9 Å². The molecule has 1 heterocycles. The number of rotatable bonds is 4. The maximum Gasteiger partial charge on any atom is 0.317 e. The molecule has 0 bridgehead atoms. The van der Waals surface area contributed by atoms with E-state index >= 15 is 0 Å². The van der Waals surface area contributed by atoms with Crippen molar-refractivity contribution in [2.45, 2.75) is 53.1 Å². The highest BCUT2D eigenvalue weighted by atomic mass is 16.5. The first kappa shape index (κ1) is 12.0. The Labute approximate surface area is 91.9 Å². The fourth-order valence-electron chi connectivity index (χ4n) is 1.23. The number of ether oxygens (including phenoxy) is 1. The molecule has 0 aliphatic carbocycles. The van der Waals surface area contributed by atoms with E-state index < -0.39 is 0 Å². The Kier molecular flexibility index (Phi) is 4.06. The molecule has 0 spiro atoms. The first-order chi connectivity index (χ1) is 7.02. The normalized spacial score (nSPS) is 11.1. The largest absolute Gasteiger partial charge is 0.461 e. The number of aromatic nitrogens is 2. The van der Waals surface area contributed by atoms with Crippen LogP contribution in [-0.4, -0.2) is 16.1 Å². The number of aryl methyl sites for hydroxylation is 1. The molecule has 0 atom stereocenters. The highest BCUT2D eigenvalue weighted by Gasteiger charge is 2.08. The highest BCUT2D eigenvalue weighted by Crippen LogP contribution is 2.16. The minimum Gasteiger partial charge on any atom is -0.461 e. The van der Waals surface area contributed by atoms with Crippen LogP contribution in [0.25, 0.3) is 0 Å². The van der Waals surface area contributed by atoms with Gasteiger partial charge in [-0.1, -0.05) is 20.8 Å². The SMILES string of the molecule is CCc1cc(C(C)C)nc(OC(C)C)n1. The van der Waals surface area contributed by atoms with Crippen molar-refractivity contribution in [3.05, 3.63) is 17.5 Å². The molecule has 0 saturated heterocycles. The molecular weight excluding hydrogens is 188 g/mol. The Bertz CT molecular complexity index is 321. The van der Waals surface area contributed by atoms with E-state index in [-0.39, 0.29) is 6.10 Å². The van der Waals surface area contributed by atoms with E-state index in [1.807, 2.05) is 13.8 Å². The fourth-order valence-corrected chi connectivity index (χ4v) is 1.23. The van der Waals surface area contributed by atoms with Gasteiger partial charge in [-0.25, -0.2) is 4.98 Å². The molecule has 1 aromatic heterocycles. The Morgan fingerprint density at radius 3 is 2.33 bits per heavy atom. The summed E-state index contributed by atoms with van der Waals surface area (Å²) in [6.07, 6.45) is 1.04. The Balaban J connectivity index is 3.00. The van der Waals surface area contributed by atoms with E-state index in [1.165, 1.54) is 0 Å². The molecule has 0 aliphatic rings. The summed E-state index contributed by atoms with van der Waals surface area (Å²) < 4.78 is 5.53. The summed E-state index contributed by atoms with van der Waals surface area (Å²) in [5, 5.41) is 0. The van der Waals surface area contributed by atoms with Crippen LogP contribution < -0.4 is 4.74 Å². The highest BCUT2D eigenvalue weighted by molar-refractivity contribution is 5.16. The predicted molar refractivity (Wildman–Crippen MR) is 61.3 cm³/mol. The molecule has 0 amide bonds. The summed E-state index contributed by atoms with van der Waals surface area (Å²) in [6, 6.07) is 2.56. The van der Waals surface area contributed by atoms with Gasteiger partial charge in [-0.2, -0.15) is 4.98 Å². The Morgan fingerprint density at radius 1 is 1.20 bits per heavy atom. The third-order valence-electron chi connectivity index (χ3n) is 2.07. The van der Waals surface area contributed by atoms with Gasteiger partial charge in [-0.3, -0.25) is 0 Å². The smallest absolute Gasteiger partial charge is 0.317 e. The molecule has 0 unspecified atom stereocenters. The van der Waals surface area contributed by atoms with Gasteiger partial charge in [0.1, 0.15) is 0 Å². The van der Waals surface area contributed by atoms with Crippen LogP contribution in [0.3, 0.4) is 0 Å². The summed E-state index contributed by atoms with van der Waals surface area (Å²) >= 11 is 0. The van der Waals surface area contributed by atoms with Crippen LogP contribution in [-0.2, 0) is 6.42 Å². The van der Waals surface area contributed by atoms with Gasteiger partial charge in [0.15, 0.2) is 0 Å². The van der Waals surface area contributed by atoms with Crippen LogP contribution in [0.15, 0.2) is 6.07 Å². The number of hydrogen-bond donors (Lipinski definition) is 0. The quantitative estimate of drug-likeness (QED) is 0.763. The molecule has 1 rings (SSSR count). The van der Waals surface area contributed by atoms with Crippen LogP contribution in [0.2, 0.25) is 0 Å². The second-order valence-corrected chi connectivity index (χ2v) is 4.24. The van der Waals surface area contributed by atoms with Gasteiger partial charge >= 0.3 is 6.01 Å². The zero-order valence-electron chi connectivity index (χ0n) is 10.2. The van der Waals surface area contributed by atoms with Crippen LogP contribution in [0.5, 0.6) is 6.01 Å². The molecule has 0 aliphatic heterocycles. The topological polar surface area (TPSA) is 35.0 Å². The van der Waals surface area contributed by atoms with E-state index in [1.54, 1.807) is 0 Å². The minimum atomic E-state index is 0.122. The average molecular weight is 208 g/mol. The lowest BCUT2D eigenvalue weighted by Crippen LogP contribution is -2.11. The van der Waals surface area contributed by atoms with Crippen molar-refractivity contribution in [1.82, 2.24) is 9.97 Å². The predicted octanol–water partition coefficient (Wildman–Crippen LogP) is 2.95. The van der Waals surface area contributed by atoms with Crippen molar-refractivity contribution in [2.75, 3.05) is 0 Å². The second kappa shape index (κ2) is 5.10. The molecular formula is C12H20N2O. The van der Waals surface area contributed by atoms with Crippen LogP contribution in [0.4, 0.5) is 0 Å². The Hall–Kier alpha value is -1.12. The molecule has 0 fully saturated rings. The first-order valence-electron chi connectivity index (χ1n) is 5.57. The molecule has 84 valence electrons. The number of nitrogens with zero attached hydrogens (tertiary/aromatic N) is 2. The van der Waals surface area contributed by atoms with Crippen molar-refractivity contribution in [2.24, 2.45) is 0 Å². The monoisotopic (exact) mass is 208 g/mol. The zero-order valence-corrected chi connectivity index (χ0v) is 10.2. The first-order valence-corrected chi connectivity index (χ1v) is 5.57. The Morgan fingerprint density at radius 2 is 1.87 bits per heavy atom. The fraction of sp³-hybridized carbons (Fsp3) is 0.667. The third kappa shape index (κ3) is 3.50. The molecule has 1 aromatic rings. The van der Waals surface area contributed by atoms with Crippen molar-refractivity contribution in [1.29, 1.82) is 0 Å². The van der Waals surface area contributed by atoms with Crippen LogP contribution in [0, 0.1) is 0 Å². The van der Waals surface area contributed by atoms with Gasteiger partial charge in [-0.05, 0) is 32.3 Å². The van der Waals surface area contributed by atoms with Gasteiger partial charge in [0.2, 0.25) is 0 Å².